The van der Waals surface area contributed by atoms with Crippen LogP contribution in [0.2, 0.25) is 0 Å². The topological polar surface area (TPSA) is 135 Å². The fraction of sp³-hybridized carbons (Fsp3) is 0.885. The zero-order valence-corrected chi connectivity index (χ0v) is 22.1. The number of carbonyl (C=O) groups excluding carboxylic acids is 1. The van der Waals surface area contributed by atoms with Gasteiger partial charge in [-0.1, -0.05) is 26.8 Å². The van der Waals surface area contributed by atoms with Crippen molar-refractivity contribution in [3.63, 3.8) is 0 Å². The Morgan fingerprint density at radius 3 is 2.46 bits per heavy atom. The van der Waals surface area contributed by atoms with Gasteiger partial charge < -0.3 is 39.4 Å². The maximum Gasteiger partial charge on any atom is 0.306 e. The van der Waals surface area contributed by atoms with Gasteiger partial charge in [0, 0.05) is 57.8 Å². The van der Waals surface area contributed by atoms with Gasteiger partial charge in [-0.15, -0.1) is 0 Å². The van der Waals surface area contributed by atoms with E-state index in [0.29, 0.717) is 25.7 Å². The van der Waals surface area contributed by atoms with E-state index in [0.717, 1.165) is 12.0 Å². The molecule has 0 aromatic carbocycles. The van der Waals surface area contributed by atoms with Gasteiger partial charge in [-0.25, -0.2) is 0 Å². The van der Waals surface area contributed by atoms with E-state index < -0.39 is 47.8 Å². The molecule has 8 atom stereocenters. The molecule has 2 unspecified atom stereocenters. The van der Waals surface area contributed by atoms with Crippen molar-refractivity contribution in [1.82, 2.24) is 0 Å². The molecule has 2 saturated heterocycles. The summed E-state index contributed by atoms with van der Waals surface area (Å²) < 4.78 is 23.0. The smallest absolute Gasteiger partial charge is 0.306 e. The van der Waals surface area contributed by atoms with Gasteiger partial charge in [0.25, 0.3) is 0 Å². The summed E-state index contributed by atoms with van der Waals surface area (Å²) in [7, 11) is 2.98. The van der Waals surface area contributed by atoms with Crippen LogP contribution in [-0.2, 0) is 23.7 Å². The zero-order chi connectivity index (χ0) is 26.4. The molecule has 35 heavy (non-hydrogen) atoms. The molecule has 2 bridgehead atoms. The summed E-state index contributed by atoms with van der Waals surface area (Å²) in [4.78, 5) is 12.7. The predicted octanol–water partition coefficient (Wildman–Crippen LogP) is 2.08. The highest BCUT2D eigenvalue weighted by Crippen LogP contribution is 2.46. The van der Waals surface area contributed by atoms with E-state index in [2.05, 4.69) is 0 Å². The SMILES string of the molecule is CCC(C=C(C)[C@@H]1C[C@@H](OC)C[C@H](O)C(C)(C)C2(O)O[C@@H](CCCC(=O)O1)C[C@@H](OC)[C@H]2O)CO. The molecule has 2 fully saturated rings. The van der Waals surface area contributed by atoms with Crippen LogP contribution in [0.4, 0.5) is 0 Å². The molecule has 2 rings (SSSR count). The number of esters is 1. The zero-order valence-electron chi connectivity index (χ0n) is 22.1. The third kappa shape index (κ3) is 7.03. The number of cyclic esters (lactones) is 1. The normalized spacial score (nSPS) is 38.3. The number of methoxy groups -OCH3 is 2. The molecule has 0 amide bonds. The molecule has 9 nitrogen and oxygen atoms in total. The lowest BCUT2D eigenvalue weighted by molar-refractivity contribution is -0.377. The summed E-state index contributed by atoms with van der Waals surface area (Å²) in [6.07, 6.45) is -0.194. The van der Waals surface area contributed by atoms with Crippen molar-refractivity contribution in [2.75, 3.05) is 20.8 Å². The summed E-state index contributed by atoms with van der Waals surface area (Å²) in [6.45, 7) is 7.16. The first-order valence-electron chi connectivity index (χ1n) is 12.7. The van der Waals surface area contributed by atoms with Gasteiger partial charge in [0.05, 0.1) is 24.4 Å². The highest BCUT2D eigenvalue weighted by molar-refractivity contribution is 5.69. The molecular weight excluding hydrogens is 456 g/mol. The fourth-order valence-corrected chi connectivity index (χ4v) is 5.05. The van der Waals surface area contributed by atoms with Crippen molar-refractivity contribution >= 4 is 5.97 Å². The monoisotopic (exact) mass is 502 g/mol. The molecule has 0 aliphatic carbocycles. The molecule has 0 aromatic heterocycles. The van der Waals surface area contributed by atoms with E-state index in [1.54, 1.807) is 13.8 Å². The second kappa shape index (κ2) is 12.9. The molecule has 0 aromatic rings. The van der Waals surface area contributed by atoms with Gasteiger partial charge >= 0.3 is 5.97 Å². The van der Waals surface area contributed by atoms with E-state index in [-0.39, 0.29) is 31.3 Å². The minimum absolute atomic E-state index is 0.000117. The lowest BCUT2D eigenvalue weighted by atomic mass is 9.70. The van der Waals surface area contributed by atoms with E-state index in [4.69, 9.17) is 18.9 Å². The number of aliphatic hydroxyl groups is 4. The fourth-order valence-electron chi connectivity index (χ4n) is 5.05. The second-order valence-electron chi connectivity index (χ2n) is 10.6. The lowest BCUT2D eigenvalue weighted by Gasteiger charge is -2.53. The first-order chi connectivity index (χ1) is 16.4. The Bertz CT molecular complexity index is 705. The van der Waals surface area contributed by atoms with Crippen LogP contribution in [-0.4, -0.2) is 89.6 Å². The van der Waals surface area contributed by atoms with Crippen molar-refractivity contribution in [1.29, 1.82) is 0 Å². The molecule has 2 aliphatic rings. The number of aliphatic hydroxyl groups excluding tert-OH is 3. The molecule has 0 spiro atoms. The minimum Gasteiger partial charge on any atom is -0.458 e. The van der Waals surface area contributed by atoms with E-state index in [1.807, 2.05) is 19.9 Å². The Morgan fingerprint density at radius 1 is 1.20 bits per heavy atom. The van der Waals surface area contributed by atoms with Crippen molar-refractivity contribution < 1.29 is 44.2 Å². The standard InChI is InChI=1S/C26H46O9/c1-7-17(15-27)11-16(2)20-13-19(32-5)14-22(28)25(3,4)26(31)24(30)21(33-6)12-18(35-26)9-8-10-23(29)34-20/h11,17-22,24,27-28,30-31H,7-10,12-15H2,1-6H3/t17?,18-,19+,20-,21+,22-,24+,26?/m0/s1. The van der Waals surface area contributed by atoms with Crippen LogP contribution in [0.15, 0.2) is 11.6 Å². The van der Waals surface area contributed by atoms with E-state index in [9.17, 15) is 25.2 Å². The van der Waals surface area contributed by atoms with Crippen LogP contribution >= 0.6 is 0 Å². The van der Waals surface area contributed by atoms with Gasteiger partial charge in [0.2, 0.25) is 5.79 Å². The molecule has 4 N–H and O–H groups in total. The summed E-state index contributed by atoms with van der Waals surface area (Å²) in [5.74, 6) is -2.47. The molecule has 0 saturated carbocycles. The molecule has 0 radical (unpaired) electrons. The number of carbonyl (C=O) groups is 1. The highest BCUT2D eigenvalue weighted by atomic mass is 16.7. The lowest BCUT2D eigenvalue weighted by Crippen LogP contribution is -2.67. The summed E-state index contributed by atoms with van der Waals surface area (Å²) in [5.41, 5.74) is -0.455. The van der Waals surface area contributed by atoms with Crippen molar-refractivity contribution in [3.8, 4) is 0 Å². The largest absolute Gasteiger partial charge is 0.458 e. The van der Waals surface area contributed by atoms with E-state index >= 15 is 0 Å². The molecule has 2 aliphatic heterocycles. The highest BCUT2D eigenvalue weighted by Gasteiger charge is 2.60. The number of rotatable bonds is 6. The number of ether oxygens (including phenoxy) is 4. The van der Waals surface area contributed by atoms with Crippen molar-refractivity contribution in [2.24, 2.45) is 11.3 Å². The number of fused-ring (bicyclic) bond motifs is 2. The van der Waals surface area contributed by atoms with Gasteiger partial charge in [0.15, 0.2) is 0 Å². The summed E-state index contributed by atoms with van der Waals surface area (Å²) in [5, 5.41) is 43.5. The Kier molecular flexibility index (Phi) is 11.2. The minimum atomic E-state index is -2.07. The van der Waals surface area contributed by atoms with Crippen molar-refractivity contribution in [3.05, 3.63) is 11.6 Å². The average molecular weight is 503 g/mol. The van der Waals surface area contributed by atoms with E-state index in [1.165, 1.54) is 14.2 Å². The summed E-state index contributed by atoms with van der Waals surface area (Å²) in [6, 6.07) is 0. The summed E-state index contributed by atoms with van der Waals surface area (Å²) >= 11 is 0. The maximum atomic E-state index is 12.7. The average Bonchev–Trinajstić information content (AvgIpc) is 2.82. The quantitative estimate of drug-likeness (QED) is 0.318. The molecule has 204 valence electrons. The second-order valence-corrected chi connectivity index (χ2v) is 10.6. The first kappa shape index (κ1) is 30.2. The number of hydrogen-bond acceptors (Lipinski definition) is 9. The van der Waals surface area contributed by atoms with Crippen LogP contribution in [0.3, 0.4) is 0 Å². The molecular formula is C26H46O9. The van der Waals surface area contributed by atoms with Gasteiger partial charge in [-0.2, -0.15) is 0 Å². The first-order valence-corrected chi connectivity index (χ1v) is 12.7. The van der Waals surface area contributed by atoms with Gasteiger partial charge in [0.1, 0.15) is 12.2 Å². The Hall–Kier alpha value is -1.07. The van der Waals surface area contributed by atoms with Crippen LogP contribution in [0.1, 0.15) is 72.6 Å². The Labute approximate surface area is 209 Å². The van der Waals surface area contributed by atoms with Gasteiger partial charge in [-0.3, -0.25) is 4.79 Å². The maximum absolute atomic E-state index is 12.7. The van der Waals surface area contributed by atoms with Crippen LogP contribution in [0.25, 0.3) is 0 Å². The van der Waals surface area contributed by atoms with Crippen LogP contribution < -0.4 is 0 Å². The van der Waals surface area contributed by atoms with Crippen molar-refractivity contribution in [2.45, 2.75) is 115 Å². The third-order valence-corrected chi connectivity index (χ3v) is 7.90. The predicted molar refractivity (Wildman–Crippen MR) is 129 cm³/mol. The van der Waals surface area contributed by atoms with Crippen LogP contribution in [0, 0.1) is 11.3 Å². The van der Waals surface area contributed by atoms with Crippen LogP contribution in [0.5, 0.6) is 0 Å². The Balaban J connectivity index is 2.40. The molecule has 2 heterocycles. The third-order valence-electron chi connectivity index (χ3n) is 7.90. The molecule has 9 heteroatoms. The number of hydrogen-bond donors (Lipinski definition) is 4. The Morgan fingerprint density at radius 2 is 1.89 bits per heavy atom. The van der Waals surface area contributed by atoms with Gasteiger partial charge in [-0.05, 0) is 31.8 Å².